The van der Waals surface area contributed by atoms with Gasteiger partial charge in [0.2, 0.25) is 5.91 Å². The molecule has 0 atom stereocenters. The molecule has 0 aliphatic carbocycles. The van der Waals surface area contributed by atoms with Crippen molar-refractivity contribution in [2.24, 2.45) is 0 Å². The average molecular weight is 283 g/mol. The van der Waals surface area contributed by atoms with E-state index < -0.39 is 0 Å². The van der Waals surface area contributed by atoms with E-state index in [1.165, 1.54) is 14.0 Å². The molecule has 21 heavy (non-hydrogen) atoms. The predicted octanol–water partition coefficient (Wildman–Crippen LogP) is 3.03. The van der Waals surface area contributed by atoms with Crippen LogP contribution in [0.2, 0.25) is 0 Å². The molecule has 0 N–H and O–H groups in total. The van der Waals surface area contributed by atoms with Gasteiger partial charge in [0.15, 0.2) is 0 Å². The van der Waals surface area contributed by atoms with E-state index in [4.69, 9.17) is 0 Å². The van der Waals surface area contributed by atoms with Crippen LogP contribution >= 0.6 is 0 Å². The van der Waals surface area contributed by atoms with E-state index in [1.54, 1.807) is 17.0 Å². The maximum absolute atomic E-state index is 11.8. The Bertz CT molecular complexity index is 620. The summed E-state index contributed by atoms with van der Waals surface area (Å²) in [5.41, 5.74) is 2.29. The Labute approximate surface area is 124 Å². The second-order valence-corrected chi connectivity index (χ2v) is 4.63. The van der Waals surface area contributed by atoms with Gasteiger partial charge in [-0.1, -0.05) is 30.3 Å². The highest BCUT2D eigenvalue weighted by Gasteiger charge is 2.12. The zero-order valence-corrected chi connectivity index (χ0v) is 12.1. The number of ether oxygens (including phenoxy) is 1. The highest BCUT2D eigenvalue weighted by molar-refractivity contribution is 5.91. The summed E-state index contributed by atoms with van der Waals surface area (Å²) in [6.07, 6.45) is 0. The van der Waals surface area contributed by atoms with Crippen LogP contribution in [0, 0.1) is 0 Å². The first-order chi connectivity index (χ1) is 10.1. The number of rotatable bonds is 4. The van der Waals surface area contributed by atoms with Gasteiger partial charge in [-0.05, 0) is 29.8 Å². The van der Waals surface area contributed by atoms with Crippen LogP contribution in [-0.2, 0) is 16.1 Å². The fourth-order valence-electron chi connectivity index (χ4n) is 2.04. The van der Waals surface area contributed by atoms with Crippen LogP contribution in [0.15, 0.2) is 54.6 Å². The first kappa shape index (κ1) is 14.8. The number of para-hydroxylation sites is 1. The van der Waals surface area contributed by atoms with E-state index in [1.807, 2.05) is 42.5 Å². The summed E-state index contributed by atoms with van der Waals surface area (Å²) in [6.45, 7) is 2.00. The van der Waals surface area contributed by atoms with E-state index >= 15 is 0 Å². The minimum absolute atomic E-state index is 0.0294. The quantitative estimate of drug-likeness (QED) is 0.810. The topological polar surface area (TPSA) is 46.6 Å². The number of esters is 1. The Morgan fingerprint density at radius 2 is 1.62 bits per heavy atom. The third kappa shape index (κ3) is 3.69. The van der Waals surface area contributed by atoms with E-state index in [0.29, 0.717) is 12.1 Å². The molecule has 0 bridgehead atoms. The van der Waals surface area contributed by atoms with Gasteiger partial charge in [-0.15, -0.1) is 0 Å². The molecule has 0 unspecified atom stereocenters. The summed E-state index contributed by atoms with van der Waals surface area (Å²) in [5, 5.41) is 0. The highest BCUT2D eigenvalue weighted by atomic mass is 16.5. The van der Waals surface area contributed by atoms with Crippen molar-refractivity contribution < 1.29 is 14.3 Å². The number of carbonyl (C=O) groups is 2. The van der Waals surface area contributed by atoms with Crippen LogP contribution < -0.4 is 4.90 Å². The molecule has 108 valence electrons. The van der Waals surface area contributed by atoms with Gasteiger partial charge in [-0.25, -0.2) is 4.79 Å². The Balaban J connectivity index is 2.18. The molecule has 2 aromatic rings. The lowest BCUT2D eigenvalue weighted by Gasteiger charge is -2.21. The Morgan fingerprint density at radius 3 is 2.14 bits per heavy atom. The summed E-state index contributed by atoms with van der Waals surface area (Å²) in [6, 6.07) is 16.5. The Kier molecular flexibility index (Phi) is 4.72. The molecule has 0 radical (unpaired) electrons. The van der Waals surface area contributed by atoms with Crippen molar-refractivity contribution in [3.63, 3.8) is 0 Å². The van der Waals surface area contributed by atoms with Gasteiger partial charge in [0.25, 0.3) is 0 Å². The van der Waals surface area contributed by atoms with Gasteiger partial charge in [0.05, 0.1) is 19.2 Å². The summed E-state index contributed by atoms with van der Waals surface area (Å²) in [5.74, 6) is -0.397. The zero-order chi connectivity index (χ0) is 15.2. The highest BCUT2D eigenvalue weighted by Crippen LogP contribution is 2.17. The number of amides is 1. The molecule has 0 fully saturated rings. The Hall–Kier alpha value is -2.62. The van der Waals surface area contributed by atoms with E-state index in [-0.39, 0.29) is 11.9 Å². The van der Waals surface area contributed by atoms with Crippen molar-refractivity contribution in [3.8, 4) is 0 Å². The molecular formula is C17H17NO3. The van der Waals surface area contributed by atoms with Gasteiger partial charge in [-0.3, -0.25) is 4.79 Å². The van der Waals surface area contributed by atoms with Crippen molar-refractivity contribution in [3.05, 3.63) is 65.7 Å². The maximum atomic E-state index is 11.8. The SMILES string of the molecule is COC(=O)c1ccc(CN(C(C)=O)c2ccccc2)cc1. The Morgan fingerprint density at radius 1 is 1.00 bits per heavy atom. The molecule has 2 rings (SSSR count). The molecule has 4 heteroatoms. The normalized spacial score (nSPS) is 10.0. The standard InChI is InChI=1S/C17H17NO3/c1-13(19)18(16-6-4-3-5-7-16)12-14-8-10-15(11-9-14)17(20)21-2/h3-11H,12H2,1-2H3. The van der Waals surface area contributed by atoms with Gasteiger partial charge < -0.3 is 9.64 Å². The van der Waals surface area contributed by atoms with Crippen LogP contribution in [-0.4, -0.2) is 19.0 Å². The second kappa shape index (κ2) is 6.70. The fraction of sp³-hybridized carbons (Fsp3) is 0.176. The van der Waals surface area contributed by atoms with E-state index in [2.05, 4.69) is 4.74 Å². The first-order valence-electron chi connectivity index (χ1n) is 6.62. The molecule has 0 aromatic heterocycles. The van der Waals surface area contributed by atoms with Crippen molar-refractivity contribution in [2.75, 3.05) is 12.0 Å². The summed E-state index contributed by atoms with van der Waals surface area (Å²) < 4.78 is 4.66. The predicted molar refractivity (Wildman–Crippen MR) is 81.1 cm³/mol. The van der Waals surface area contributed by atoms with Crippen molar-refractivity contribution in [1.82, 2.24) is 0 Å². The molecular weight excluding hydrogens is 266 g/mol. The summed E-state index contributed by atoms with van der Waals surface area (Å²) >= 11 is 0. The first-order valence-corrected chi connectivity index (χ1v) is 6.62. The molecule has 0 saturated heterocycles. The van der Waals surface area contributed by atoms with Crippen molar-refractivity contribution >= 4 is 17.6 Å². The maximum Gasteiger partial charge on any atom is 0.337 e. The zero-order valence-electron chi connectivity index (χ0n) is 12.1. The molecule has 0 aliphatic rings. The number of hydrogen-bond acceptors (Lipinski definition) is 3. The number of nitrogens with zero attached hydrogens (tertiary/aromatic N) is 1. The van der Waals surface area contributed by atoms with E-state index in [0.717, 1.165) is 11.3 Å². The minimum atomic E-state index is -0.368. The fourth-order valence-corrected chi connectivity index (χ4v) is 2.04. The van der Waals surface area contributed by atoms with Crippen LogP contribution in [0.25, 0.3) is 0 Å². The number of carbonyl (C=O) groups excluding carboxylic acids is 2. The number of anilines is 1. The van der Waals surface area contributed by atoms with Crippen LogP contribution in [0.3, 0.4) is 0 Å². The monoisotopic (exact) mass is 283 g/mol. The van der Waals surface area contributed by atoms with Gasteiger partial charge >= 0.3 is 5.97 Å². The summed E-state index contributed by atoms with van der Waals surface area (Å²) in [7, 11) is 1.35. The lowest BCUT2D eigenvalue weighted by atomic mass is 10.1. The van der Waals surface area contributed by atoms with Gasteiger partial charge in [-0.2, -0.15) is 0 Å². The molecule has 4 nitrogen and oxygen atoms in total. The number of methoxy groups -OCH3 is 1. The van der Waals surface area contributed by atoms with Crippen LogP contribution in [0.4, 0.5) is 5.69 Å². The smallest absolute Gasteiger partial charge is 0.337 e. The lowest BCUT2D eigenvalue weighted by Crippen LogP contribution is -2.27. The van der Waals surface area contributed by atoms with Gasteiger partial charge in [0.1, 0.15) is 0 Å². The van der Waals surface area contributed by atoms with Crippen LogP contribution in [0.1, 0.15) is 22.8 Å². The molecule has 0 saturated carbocycles. The van der Waals surface area contributed by atoms with Crippen LogP contribution in [0.5, 0.6) is 0 Å². The largest absolute Gasteiger partial charge is 0.465 e. The minimum Gasteiger partial charge on any atom is -0.465 e. The molecule has 1 amide bonds. The van der Waals surface area contributed by atoms with Crippen molar-refractivity contribution in [1.29, 1.82) is 0 Å². The molecule has 0 aliphatic heterocycles. The number of hydrogen-bond donors (Lipinski definition) is 0. The van der Waals surface area contributed by atoms with Gasteiger partial charge in [0, 0.05) is 12.6 Å². The molecule has 2 aromatic carbocycles. The third-order valence-electron chi connectivity index (χ3n) is 3.16. The lowest BCUT2D eigenvalue weighted by molar-refractivity contribution is -0.116. The second-order valence-electron chi connectivity index (χ2n) is 4.63. The molecule has 0 spiro atoms. The van der Waals surface area contributed by atoms with Crippen molar-refractivity contribution in [2.45, 2.75) is 13.5 Å². The van der Waals surface area contributed by atoms with E-state index in [9.17, 15) is 9.59 Å². The third-order valence-corrected chi connectivity index (χ3v) is 3.16. The number of benzene rings is 2. The molecule has 0 heterocycles. The summed E-state index contributed by atoms with van der Waals surface area (Å²) in [4.78, 5) is 24.9. The average Bonchev–Trinajstić information content (AvgIpc) is 2.53.